The molecule has 9 heteroatoms. The molecule has 1 amide bonds. The third kappa shape index (κ3) is 4.07. The van der Waals surface area contributed by atoms with E-state index in [9.17, 15) is 18.0 Å². The summed E-state index contributed by atoms with van der Waals surface area (Å²) in [6.07, 6.45) is 1.41. The van der Waals surface area contributed by atoms with Crippen LogP contribution in [-0.4, -0.2) is 26.8 Å². The number of carbonyl (C=O) groups excluding carboxylic acids is 2. The summed E-state index contributed by atoms with van der Waals surface area (Å²) in [5, 5.41) is 10.4. The molecule has 146 valence electrons. The van der Waals surface area contributed by atoms with E-state index in [1.54, 1.807) is 12.1 Å². The van der Waals surface area contributed by atoms with Crippen LogP contribution in [0.1, 0.15) is 25.8 Å². The monoisotopic (exact) mass is 401 g/mol. The molecule has 0 bridgehead atoms. The fraction of sp³-hybridized carbons (Fsp3) is 0.316. The summed E-state index contributed by atoms with van der Waals surface area (Å²) in [6, 6.07) is 11.0. The summed E-state index contributed by atoms with van der Waals surface area (Å²) in [6.45, 7) is 2.68. The molecule has 0 radical (unpaired) electrons. The number of hydrogen-bond acceptors (Lipinski definition) is 6. The van der Waals surface area contributed by atoms with Gasteiger partial charge in [0.25, 0.3) is 5.91 Å². The van der Waals surface area contributed by atoms with E-state index >= 15 is 0 Å². The third-order valence-electron chi connectivity index (χ3n) is 4.41. The fourth-order valence-electron chi connectivity index (χ4n) is 3.01. The van der Waals surface area contributed by atoms with Gasteiger partial charge >= 0.3 is 16.2 Å². The molecular formula is C19H19N3O5S. The number of esters is 1. The second kappa shape index (κ2) is 7.48. The minimum Gasteiger partial charge on any atom is -0.424 e. The van der Waals surface area contributed by atoms with Crippen LogP contribution < -0.4 is 13.8 Å². The lowest BCUT2D eigenvalue weighted by molar-refractivity contribution is -0.131. The van der Waals surface area contributed by atoms with Crippen molar-refractivity contribution < 1.29 is 22.7 Å². The molecule has 0 saturated carbocycles. The number of fused-ring (bicyclic) bond motifs is 1. The predicted molar refractivity (Wildman–Crippen MR) is 103 cm³/mol. The van der Waals surface area contributed by atoms with Gasteiger partial charge in [0.1, 0.15) is 6.54 Å². The minimum absolute atomic E-state index is 0.0610. The molecule has 0 spiro atoms. The summed E-state index contributed by atoms with van der Waals surface area (Å²) in [7, 11) is -4.04. The van der Waals surface area contributed by atoms with Crippen LogP contribution in [0.25, 0.3) is 10.8 Å². The summed E-state index contributed by atoms with van der Waals surface area (Å²) in [4.78, 5) is 23.1. The summed E-state index contributed by atoms with van der Waals surface area (Å²) in [5.41, 5.74) is 1.11. The van der Waals surface area contributed by atoms with Gasteiger partial charge in [0, 0.05) is 12.8 Å². The number of nitrogens with one attached hydrogen (secondary N) is 1. The number of carbonyl (C=O) groups is 2. The van der Waals surface area contributed by atoms with Crippen molar-refractivity contribution in [3.8, 4) is 11.8 Å². The molecule has 1 N–H and O–H groups in total. The first-order chi connectivity index (χ1) is 13.2. The van der Waals surface area contributed by atoms with Crippen molar-refractivity contribution >= 4 is 38.5 Å². The molecule has 0 aliphatic carbocycles. The minimum atomic E-state index is -4.04. The zero-order valence-corrected chi connectivity index (χ0v) is 16.2. The van der Waals surface area contributed by atoms with Crippen LogP contribution >= 0.6 is 0 Å². The number of aryl methyl sites for hydroxylation is 1. The average molecular weight is 401 g/mol. The molecule has 1 aliphatic rings. The van der Waals surface area contributed by atoms with Crippen molar-refractivity contribution in [1.82, 2.24) is 4.72 Å². The van der Waals surface area contributed by atoms with Crippen LogP contribution in [0.2, 0.25) is 0 Å². The van der Waals surface area contributed by atoms with Crippen LogP contribution in [0.15, 0.2) is 30.3 Å². The number of nitrogens with zero attached hydrogens (tertiary/aromatic N) is 2. The van der Waals surface area contributed by atoms with E-state index in [1.165, 1.54) is 6.92 Å². The van der Waals surface area contributed by atoms with E-state index in [2.05, 4.69) is 6.07 Å². The maximum Gasteiger partial charge on any atom is 0.326 e. The summed E-state index contributed by atoms with van der Waals surface area (Å²) < 4.78 is 32.5. The second-order valence-electron chi connectivity index (χ2n) is 6.70. The molecule has 1 fully saturated rings. The molecule has 2 aromatic carbocycles. The SMILES string of the molecule is CC(=O)Oc1cc2ccc(CCC(C)C#N)cc2cc1N1CC(=O)NS1(=O)=O. The van der Waals surface area contributed by atoms with Crippen LogP contribution in [0, 0.1) is 17.2 Å². The summed E-state index contributed by atoms with van der Waals surface area (Å²) in [5.74, 6) is -1.26. The first-order valence-corrected chi connectivity index (χ1v) is 10.1. The van der Waals surface area contributed by atoms with Crippen molar-refractivity contribution in [1.29, 1.82) is 5.26 Å². The van der Waals surface area contributed by atoms with Gasteiger partial charge in [-0.3, -0.25) is 9.59 Å². The molecule has 1 aliphatic heterocycles. The van der Waals surface area contributed by atoms with E-state index in [0.717, 1.165) is 20.6 Å². The van der Waals surface area contributed by atoms with E-state index in [-0.39, 0.29) is 23.9 Å². The Morgan fingerprint density at radius 1 is 1.32 bits per heavy atom. The van der Waals surface area contributed by atoms with E-state index in [0.29, 0.717) is 12.8 Å². The zero-order valence-electron chi connectivity index (χ0n) is 15.4. The Bertz CT molecular complexity index is 1100. The van der Waals surface area contributed by atoms with Gasteiger partial charge < -0.3 is 4.74 Å². The van der Waals surface area contributed by atoms with Crippen molar-refractivity contribution in [2.75, 3.05) is 10.8 Å². The molecule has 1 unspecified atom stereocenters. The van der Waals surface area contributed by atoms with Crippen LogP contribution in [0.4, 0.5) is 5.69 Å². The van der Waals surface area contributed by atoms with Gasteiger partial charge in [0.05, 0.1) is 11.8 Å². The number of benzene rings is 2. The molecule has 1 heterocycles. The Balaban J connectivity index is 2.07. The molecule has 0 aromatic heterocycles. The maximum absolute atomic E-state index is 12.2. The first-order valence-electron chi connectivity index (χ1n) is 8.67. The Morgan fingerprint density at radius 3 is 2.68 bits per heavy atom. The predicted octanol–water partition coefficient (Wildman–Crippen LogP) is 2.04. The first kappa shape index (κ1) is 19.6. The lowest BCUT2D eigenvalue weighted by atomic mass is 9.99. The van der Waals surface area contributed by atoms with Gasteiger partial charge in [-0.05, 0) is 48.2 Å². The Morgan fingerprint density at radius 2 is 2.07 bits per heavy atom. The number of amides is 1. The van der Waals surface area contributed by atoms with E-state index < -0.39 is 22.1 Å². The van der Waals surface area contributed by atoms with Gasteiger partial charge in [-0.25, -0.2) is 9.03 Å². The largest absolute Gasteiger partial charge is 0.424 e. The number of anilines is 1. The number of hydrogen-bond donors (Lipinski definition) is 1. The van der Waals surface area contributed by atoms with Crippen molar-refractivity contribution in [3.05, 3.63) is 35.9 Å². The molecular weight excluding hydrogens is 382 g/mol. The number of nitriles is 1. The van der Waals surface area contributed by atoms with Gasteiger partial charge in [-0.15, -0.1) is 0 Å². The lowest BCUT2D eigenvalue weighted by Crippen LogP contribution is -2.30. The van der Waals surface area contributed by atoms with Gasteiger partial charge in [0.2, 0.25) is 0 Å². The third-order valence-corrected chi connectivity index (χ3v) is 5.80. The average Bonchev–Trinajstić information content (AvgIpc) is 2.90. The second-order valence-corrected chi connectivity index (χ2v) is 8.30. The van der Waals surface area contributed by atoms with Crippen LogP contribution in [0.5, 0.6) is 5.75 Å². The normalized spacial score (nSPS) is 16.5. The van der Waals surface area contributed by atoms with Crippen molar-refractivity contribution in [3.63, 3.8) is 0 Å². The highest BCUT2D eigenvalue weighted by atomic mass is 32.2. The van der Waals surface area contributed by atoms with Crippen LogP contribution in [0.3, 0.4) is 0 Å². The standard InChI is InChI=1S/C19H19N3O5S/c1-12(10-20)3-4-14-5-6-15-9-18(27-13(2)23)17(8-16(15)7-14)22-11-19(24)21-28(22,25)26/h5-9,12H,3-4,11H2,1-2H3,(H,21,24). The van der Waals surface area contributed by atoms with E-state index in [1.807, 2.05) is 29.8 Å². The number of ether oxygens (including phenoxy) is 1. The molecule has 3 rings (SSSR count). The molecule has 8 nitrogen and oxygen atoms in total. The highest BCUT2D eigenvalue weighted by Gasteiger charge is 2.36. The Kier molecular flexibility index (Phi) is 5.25. The van der Waals surface area contributed by atoms with Gasteiger partial charge in [-0.2, -0.15) is 13.7 Å². The Labute approximate surface area is 162 Å². The topological polar surface area (TPSA) is 117 Å². The quantitative estimate of drug-likeness (QED) is 0.605. The maximum atomic E-state index is 12.2. The van der Waals surface area contributed by atoms with E-state index in [4.69, 9.17) is 10.00 Å². The van der Waals surface area contributed by atoms with Gasteiger partial charge in [-0.1, -0.05) is 18.2 Å². The number of rotatable bonds is 5. The van der Waals surface area contributed by atoms with Crippen LogP contribution in [-0.2, 0) is 26.2 Å². The smallest absolute Gasteiger partial charge is 0.326 e. The van der Waals surface area contributed by atoms with Crippen molar-refractivity contribution in [2.24, 2.45) is 5.92 Å². The molecule has 1 atom stereocenters. The highest BCUT2D eigenvalue weighted by molar-refractivity contribution is 7.92. The van der Waals surface area contributed by atoms with Gasteiger partial charge in [0.15, 0.2) is 5.75 Å². The van der Waals surface area contributed by atoms with Crippen molar-refractivity contribution in [2.45, 2.75) is 26.7 Å². The molecule has 2 aromatic rings. The molecule has 1 saturated heterocycles. The summed E-state index contributed by atoms with van der Waals surface area (Å²) >= 11 is 0. The fourth-order valence-corrected chi connectivity index (χ4v) is 4.16. The Hall–Kier alpha value is -3.12. The molecule has 28 heavy (non-hydrogen) atoms. The lowest BCUT2D eigenvalue weighted by Gasteiger charge is -2.19. The highest BCUT2D eigenvalue weighted by Crippen LogP contribution is 2.36. The zero-order chi connectivity index (χ0) is 20.5.